The van der Waals surface area contributed by atoms with E-state index in [0.29, 0.717) is 13.1 Å². The maximum Gasteiger partial charge on any atom is 0.321 e. The molecule has 2 saturated heterocycles. The van der Waals surface area contributed by atoms with Crippen LogP contribution in [-0.2, 0) is 4.79 Å². The first-order valence-electron chi connectivity index (χ1n) is 10.3. The number of anilines is 3. The van der Waals surface area contributed by atoms with Crippen LogP contribution in [-0.4, -0.2) is 48.0 Å². The second kappa shape index (κ2) is 8.94. The number of pyridine rings is 1. The van der Waals surface area contributed by atoms with Crippen molar-refractivity contribution < 1.29 is 9.59 Å². The van der Waals surface area contributed by atoms with Gasteiger partial charge in [0.1, 0.15) is 0 Å². The molecule has 29 heavy (non-hydrogen) atoms. The molecule has 0 bridgehead atoms. The minimum absolute atomic E-state index is 0.0344. The van der Waals surface area contributed by atoms with Gasteiger partial charge < -0.3 is 20.4 Å². The molecule has 0 spiro atoms. The molecule has 1 aromatic heterocycles. The van der Waals surface area contributed by atoms with E-state index in [4.69, 9.17) is 0 Å². The van der Waals surface area contributed by atoms with Crippen molar-refractivity contribution in [3.05, 3.63) is 48.7 Å². The molecule has 2 N–H and O–H groups in total. The van der Waals surface area contributed by atoms with Gasteiger partial charge in [-0.1, -0.05) is 18.2 Å². The van der Waals surface area contributed by atoms with Crippen LogP contribution >= 0.6 is 0 Å². The Bertz CT molecular complexity index is 851. The molecule has 2 aliphatic rings. The Morgan fingerprint density at radius 1 is 0.931 bits per heavy atom. The van der Waals surface area contributed by atoms with E-state index in [1.165, 1.54) is 0 Å². The Balaban J connectivity index is 1.38. The zero-order chi connectivity index (χ0) is 20.1. The number of hydrogen-bond donors (Lipinski definition) is 2. The molecule has 2 aliphatic heterocycles. The van der Waals surface area contributed by atoms with E-state index >= 15 is 0 Å². The molecule has 3 amide bonds. The average Bonchev–Trinajstić information content (AvgIpc) is 3.30. The smallest absolute Gasteiger partial charge is 0.321 e. The first-order chi connectivity index (χ1) is 14.2. The minimum Gasteiger partial charge on any atom is -0.355 e. The Morgan fingerprint density at radius 2 is 1.72 bits per heavy atom. The van der Waals surface area contributed by atoms with Gasteiger partial charge in [-0.3, -0.25) is 4.79 Å². The lowest BCUT2D eigenvalue weighted by molar-refractivity contribution is -0.121. The van der Waals surface area contributed by atoms with E-state index in [9.17, 15) is 9.59 Å². The van der Waals surface area contributed by atoms with Crippen molar-refractivity contribution >= 4 is 29.1 Å². The van der Waals surface area contributed by atoms with E-state index in [0.717, 1.165) is 56.0 Å². The summed E-state index contributed by atoms with van der Waals surface area (Å²) >= 11 is 0. The molecular formula is C22H27N5O2. The third kappa shape index (κ3) is 4.67. The highest BCUT2D eigenvalue weighted by molar-refractivity contribution is 5.95. The predicted molar refractivity (Wildman–Crippen MR) is 114 cm³/mol. The molecule has 7 nitrogen and oxygen atoms in total. The van der Waals surface area contributed by atoms with Gasteiger partial charge in [-0.05, 0) is 49.9 Å². The summed E-state index contributed by atoms with van der Waals surface area (Å²) in [7, 11) is 0. The molecule has 152 valence electrons. The summed E-state index contributed by atoms with van der Waals surface area (Å²) in [5, 5.41) is 5.97. The number of carbonyl (C=O) groups excluding carboxylic acids is 2. The second-order valence-electron chi connectivity index (χ2n) is 7.64. The van der Waals surface area contributed by atoms with E-state index in [2.05, 4.69) is 20.5 Å². The van der Waals surface area contributed by atoms with Gasteiger partial charge in [0.15, 0.2) is 5.82 Å². The number of urea groups is 1. The zero-order valence-electron chi connectivity index (χ0n) is 16.5. The highest BCUT2D eigenvalue weighted by Gasteiger charge is 2.29. The lowest BCUT2D eigenvalue weighted by Gasteiger charge is -2.32. The van der Waals surface area contributed by atoms with Crippen LogP contribution in [0.2, 0.25) is 0 Å². The largest absolute Gasteiger partial charge is 0.355 e. The second-order valence-corrected chi connectivity index (χ2v) is 7.64. The van der Waals surface area contributed by atoms with Crippen LogP contribution < -0.4 is 15.5 Å². The molecule has 1 atom stereocenters. The SMILES string of the molecule is O=C(Nc1ccccc1)[C@@H]1CCCN(C(=O)Nc2cccnc2N2CCCC2)C1. The molecule has 2 fully saturated rings. The van der Waals surface area contributed by atoms with Gasteiger partial charge in [0.05, 0.1) is 11.6 Å². The number of aromatic nitrogens is 1. The molecule has 2 aromatic rings. The number of para-hydroxylation sites is 1. The lowest BCUT2D eigenvalue weighted by Crippen LogP contribution is -2.45. The Morgan fingerprint density at radius 3 is 2.52 bits per heavy atom. The summed E-state index contributed by atoms with van der Waals surface area (Å²) in [6.45, 7) is 3.00. The van der Waals surface area contributed by atoms with Crippen molar-refractivity contribution in [3.63, 3.8) is 0 Å². The third-order valence-corrected chi connectivity index (χ3v) is 5.55. The maximum absolute atomic E-state index is 12.9. The number of rotatable bonds is 4. The quantitative estimate of drug-likeness (QED) is 0.833. The summed E-state index contributed by atoms with van der Waals surface area (Å²) in [6.07, 6.45) is 5.65. The summed E-state index contributed by atoms with van der Waals surface area (Å²) in [6, 6.07) is 13.0. The molecule has 4 rings (SSSR count). The number of nitrogens with one attached hydrogen (secondary N) is 2. The monoisotopic (exact) mass is 393 g/mol. The van der Waals surface area contributed by atoms with Gasteiger partial charge in [0.2, 0.25) is 5.91 Å². The first kappa shape index (κ1) is 19.2. The highest BCUT2D eigenvalue weighted by atomic mass is 16.2. The fourth-order valence-electron chi connectivity index (χ4n) is 4.01. The van der Waals surface area contributed by atoms with Crippen molar-refractivity contribution in [2.24, 2.45) is 5.92 Å². The highest BCUT2D eigenvalue weighted by Crippen LogP contribution is 2.27. The van der Waals surface area contributed by atoms with Crippen LogP contribution in [0.5, 0.6) is 0 Å². The van der Waals surface area contributed by atoms with Crippen molar-refractivity contribution in [1.82, 2.24) is 9.88 Å². The fraction of sp³-hybridized carbons (Fsp3) is 0.409. The Labute approximate surface area is 171 Å². The van der Waals surface area contributed by atoms with Crippen LogP contribution in [0.15, 0.2) is 48.7 Å². The molecule has 1 aromatic carbocycles. The third-order valence-electron chi connectivity index (χ3n) is 5.55. The molecule has 0 radical (unpaired) electrons. The summed E-state index contributed by atoms with van der Waals surface area (Å²) in [5.74, 6) is 0.586. The summed E-state index contributed by atoms with van der Waals surface area (Å²) in [4.78, 5) is 34.0. The van der Waals surface area contributed by atoms with Crippen LogP contribution in [0.3, 0.4) is 0 Å². The molecule has 0 unspecified atom stereocenters. The molecule has 0 saturated carbocycles. The fourth-order valence-corrected chi connectivity index (χ4v) is 4.01. The Hall–Kier alpha value is -3.09. The van der Waals surface area contributed by atoms with Crippen LogP contribution in [0.4, 0.5) is 22.0 Å². The van der Waals surface area contributed by atoms with Crippen molar-refractivity contribution in [3.8, 4) is 0 Å². The Kier molecular flexibility index (Phi) is 5.93. The first-order valence-corrected chi connectivity index (χ1v) is 10.3. The van der Waals surface area contributed by atoms with Crippen molar-refractivity contribution in [2.45, 2.75) is 25.7 Å². The summed E-state index contributed by atoms with van der Waals surface area (Å²) in [5.41, 5.74) is 1.51. The molecule has 0 aliphatic carbocycles. The number of hydrogen-bond acceptors (Lipinski definition) is 4. The number of nitrogens with zero attached hydrogens (tertiary/aromatic N) is 3. The van der Waals surface area contributed by atoms with Crippen LogP contribution in [0.25, 0.3) is 0 Å². The van der Waals surface area contributed by atoms with Gasteiger partial charge >= 0.3 is 6.03 Å². The number of likely N-dealkylation sites (tertiary alicyclic amines) is 1. The average molecular weight is 393 g/mol. The number of amides is 3. The van der Waals surface area contributed by atoms with E-state index in [1.807, 2.05) is 42.5 Å². The van der Waals surface area contributed by atoms with Gasteiger partial charge in [-0.2, -0.15) is 0 Å². The number of piperidine rings is 1. The van der Waals surface area contributed by atoms with Crippen molar-refractivity contribution in [1.29, 1.82) is 0 Å². The van der Waals surface area contributed by atoms with Gasteiger partial charge in [0.25, 0.3) is 0 Å². The predicted octanol–water partition coefficient (Wildman–Crippen LogP) is 3.56. The van der Waals surface area contributed by atoms with E-state index in [-0.39, 0.29) is 17.9 Å². The summed E-state index contributed by atoms with van der Waals surface area (Å²) < 4.78 is 0. The van der Waals surface area contributed by atoms with Gasteiger partial charge in [0, 0.05) is 38.1 Å². The van der Waals surface area contributed by atoms with Gasteiger partial charge in [-0.25, -0.2) is 9.78 Å². The van der Waals surface area contributed by atoms with Crippen LogP contribution in [0, 0.1) is 5.92 Å². The standard InChI is InChI=1S/C22H27N5O2/c28-21(24-18-9-2-1-3-10-18)17-8-7-15-27(16-17)22(29)25-19-11-6-12-23-20(19)26-13-4-5-14-26/h1-3,6,9-12,17H,4-5,7-8,13-16H2,(H,24,28)(H,25,29)/t17-/m1/s1. The normalized spacial score (nSPS) is 19.1. The zero-order valence-corrected chi connectivity index (χ0v) is 16.5. The number of benzene rings is 1. The van der Waals surface area contributed by atoms with Gasteiger partial charge in [-0.15, -0.1) is 0 Å². The lowest BCUT2D eigenvalue weighted by atomic mass is 9.97. The molecular weight excluding hydrogens is 366 g/mol. The van der Waals surface area contributed by atoms with E-state index < -0.39 is 0 Å². The number of carbonyl (C=O) groups is 2. The molecule has 3 heterocycles. The minimum atomic E-state index is -0.207. The molecule has 7 heteroatoms. The van der Waals surface area contributed by atoms with Crippen molar-refractivity contribution in [2.75, 3.05) is 41.7 Å². The maximum atomic E-state index is 12.9. The topological polar surface area (TPSA) is 77.6 Å². The van der Waals surface area contributed by atoms with E-state index in [1.54, 1.807) is 11.1 Å². The van der Waals surface area contributed by atoms with Crippen LogP contribution in [0.1, 0.15) is 25.7 Å².